The standard InChI is InChI=1S/C22H26F3N3O2/c1-14-11-26-28(18(14)16-7-5-6-8-17(16)22(23,24)25)15-9-21(10-15)12-27(13-21)19(29)30-20(2,3)4/h5-8,11,15H,9-10,12-13H2,1-4H3. The lowest BCUT2D eigenvalue weighted by Gasteiger charge is -2.58. The Hall–Kier alpha value is -2.51. The van der Waals surface area contributed by atoms with Crippen molar-refractivity contribution in [3.05, 3.63) is 41.6 Å². The second kappa shape index (κ2) is 6.75. The number of hydrogen-bond acceptors (Lipinski definition) is 3. The van der Waals surface area contributed by atoms with Crippen molar-refractivity contribution in [1.82, 2.24) is 14.7 Å². The van der Waals surface area contributed by atoms with Crippen molar-refractivity contribution in [2.75, 3.05) is 13.1 Å². The van der Waals surface area contributed by atoms with Gasteiger partial charge in [0.2, 0.25) is 0 Å². The third-order valence-corrected chi connectivity index (χ3v) is 5.85. The van der Waals surface area contributed by atoms with E-state index in [4.69, 9.17) is 4.74 Å². The van der Waals surface area contributed by atoms with E-state index in [1.807, 2.05) is 20.8 Å². The van der Waals surface area contributed by atoms with Gasteiger partial charge >= 0.3 is 12.3 Å². The summed E-state index contributed by atoms with van der Waals surface area (Å²) in [5.74, 6) is 0. The van der Waals surface area contributed by atoms with Gasteiger partial charge in [-0.15, -0.1) is 0 Å². The molecule has 2 aliphatic rings. The Morgan fingerprint density at radius 1 is 1.17 bits per heavy atom. The van der Waals surface area contributed by atoms with Gasteiger partial charge in [0.1, 0.15) is 5.60 Å². The number of benzene rings is 1. The van der Waals surface area contributed by atoms with E-state index in [-0.39, 0.29) is 23.1 Å². The summed E-state index contributed by atoms with van der Waals surface area (Å²) in [4.78, 5) is 13.9. The number of amides is 1. The lowest BCUT2D eigenvalue weighted by molar-refractivity contribution is -0.137. The minimum Gasteiger partial charge on any atom is -0.444 e. The number of halogens is 3. The largest absolute Gasteiger partial charge is 0.444 e. The van der Waals surface area contributed by atoms with Gasteiger partial charge in [-0.05, 0) is 52.2 Å². The second-order valence-electron chi connectivity index (χ2n) is 9.56. The zero-order valence-corrected chi connectivity index (χ0v) is 17.6. The van der Waals surface area contributed by atoms with Crippen LogP contribution in [0.25, 0.3) is 11.3 Å². The molecule has 1 aliphatic carbocycles. The lowest BCUT2D eigenvalue weighted by atomic mass is 9.60. The van der Waals surface area contributed by atoms with E-state index in [0.29, 0.717) is 18.8 Å². The molecular weight excluding hydrogens is 395 g/mol. The van der Waals surface area contributed by atoms with Crippen LogP contribution in [0, 0.1) is 12.3 Å². The highest BCUT2D eigenvalue weighted by atomic mass is 19.4. The highest BCUT2D eigenvalue weighted by molar-refractivity contribution is 5.70. The minimum absolute atomic E-state index is 0.0161. The normalized spacial score (nSPS) is 18.8. The summed E-state index contributed by atoms with van der Waals surface area (Å²) in [6, 6.07) is 5.66. The number of carbonyl (C=O) groups is 1. The van der Waals surface area contributed by atoms with Crippen molar-refractivity contribution >= 4 is 6.09 Å². The smallest absolute Gasteiger partial charge is 0.417 e. The summed E-state index contributed by atoms with van der Waals surface area (Å²) in [5.41, 5.74) is 0.230. The van der Waals surface area contributed by atoms with Gasteiger partial charge in [-0.25, -0.2) is 4.79 Å². The minimum atomic E-state index is -4.43. The van der Waals surface area contributed by atoms with Crippen LogP contribution in [0.3, 0.4) is 0 Å². The summed E-state index contributed by atoms with van der Waals surface area (Å²) in [7, 11) is 0. The van der Waals surface area contributed by atoms with E-state index >= 15 is 0 Å². The predicted octanol–water partition coefficient (Wildman–Crippen LogP) is 5.45. The molecule has 5 nitrogen and oxygen atoms in total. The van der Waals surface area contributed by atoms with Crippen LogP contribution in [0.4, 0.5) is 18.0 Å². The molecule has 0 bridgehead atoms. The first-order valence-corrected chi connectivity index (χ1v) is 10.1. The molecule has 1 saturated carbocycles. The molecule has 0 unspecified atom stereocenters. The molecule has 4 rings (SSSR count). The summed E-state index contributed by atoms with van der Waals surface area (Å²) in [5, 5.41) is 4.41. The molecule has 1 amide bonds. The molecule has 2 aromatic rings. The number of carbonyl (C=O) groups excluding carboxylic acids is 1. The van der Waals surface area contributed by atoms with Crippen molar-refractivity contribution in [1.29, 1.82) is 0 Å². The Kier molecular flexibility index (Phi) is 4.67. The Morgan fingerprint density at radius 2 is 1.80 bits per heavy atom. The zero-order valence-electron chi connectivity index (χ0n) is 17.6. The van der Waals surface area contributed by atoms with E-state index < -0.39 is 17.3 Å². The number of ether oxygens (including phenoxy) is 1. The number of aromatic nitrogens is 2. The molecule has 1 aromatic heterocycles. The molecule has 1 aliphatic heterocycles. The maximum atomic E-state index is 13.5. The van der Waals surface area contributed by atoms with Gasteiger partial charge in [-0.3, -0.25) is 4.68 Å². The van der Waals surface area contributed by atoms with Crippen LogP contribution in [-0.4, -0.2) is 39.5 Å². The number of nitrogens with zero attached hydrogens (tertiary/aromatic N) is 3. The van der Waals surface area contributed by atoms with Crippen LogP contribution in [0.5, 0.6) is 0 Å². The monoisotopic (exact) mass is 421 g/mol. The summed E-state index contributed by atoms with van der Waals surface area (Å²) >= 11 is 0. The molecule has 162 valence electrons. The average Bonchev–Trinajstić information content (AvgIpc) is 2.91. The van der Waals surface area contributed by atoms with E-state index in [1.165, 1.54) is 12.1 Å². The van der Waals surface area contributed by atoms with Crippen molar-refractivity contribution < 1.29 is 22.7 Å². The first-order chi connectivity index (χ1) is 13.9. The Bertz CT molecular complexity index is 961. The van der Waals surface area contributed by atoms with Gasteiger partial charge in [0.15, 0.2) is 0 Å². The number of aryl methyl sites for hydroxylation is 1. The van der Waals surface area contributed by atoms with Gasteiger partial charge in [0.25, 0.3) is 0 Å². The number of likely N-dealkylation sites (tertiary alicyclic amines) is 1. The second-order valence-corrected chi connectivity index (χ2v) is 9.56. The SMILES string of the molecule is Cc1cnn(C2CC3(C2)CN(C(=O)OC(C)(C)C)C3)c1-c1ccccc1C(F)(F)F. The average molecular weight is 421 g/mol. The highest BCUT2D eigenvalue weighted by Crippen LogP contribution is 2.55. The van der Waals surface area contributed by atoms with Gasteiger partial charge in [0.05, 0.1) is 23.5 Å². The van der Waals surface area contributed by atoms with E-state index in [0.717, 1.165) is 24.5 Å². The van der Waals surface area contributed by atoms with E-state index in [2.05, 4.69) is 5.10 Å². The van der Waals surface area contributed by atoms with Crippen LogP contribution in [0.2, 0.25) is 0 Å². The molecule has 8 heteroatoms. The fourth-order valence-corrected chi connectivity index (χ4v) is 4.59. The number of alkyl halides is 3. The Morgan fingerprint density at radius 3 is 2.40 bits per heavy atom. The molecule has 0 atom stereocenters. The molecule has 0 N–H and O–H groups in total. The fraction of sp³-hybridized carbons (Fsp3) is 0.545. The number of hydrogen-bond donors (Lipinski definition) is 0. The van der Waals surface area contributed by atoms with Crippen LogP contribution < -0.4 is 0 Å². The predicted molar refractivity (Wildman–Crippen MR) is 106 cm³/mol. The van der Waals surface area contributed by atoms with Crippen LogP contribution in [0.15, 0.2) is 30.5 Å². The van der Waals surface area contributed by atoms with Gasteiger partial charge in [0, 0.05) is 24.1 Å². The Balaban J connectivity index is 1.49. The van der Waals surface area contributed by atoms with Crippen molar-refractivity contribution in [2.24, 2.45) is 5.41 Å². The quantitative estimate of drug-likeness (QED) is 0.648. The molecule has 1 aromatic carbocycles. The number of rotatable bonds is 2. The maximum absolute atomic E-state index is 13.5. The molecule has 30 heavy (non-hydrogen) atoms. The molecule has 1 spiro atoms. The van der Waals surface area contributed by atoms with Crippen molar-refractivity contribution in [3.63, 3.8) is 0 Å². The molecule has 2 fully saturated rings. The van der Waals surface area contributed by atoms with Crippen LogP contribution >= 0.6 is 0 Å². The highest BCUT2D eigenvalue weighted by Gasteiger charge is 2.55. The zero-order chi connectivity index (χ0) is 21.9. The topological polar surface area (TPSA) is 47.4 Å². The van der Waals surface area contributed by atoms with E-state index in [9.17, 15) is 18.0 Å². The summed E-state index contributed by atoms with van der Waals surface area (Å²) < 4.78 is 47.8. The van der Waals surface area contributed by atoms with E-state index in [1.54, 1.807) is 28.8 Å². The van der Waals surface area contributed by atoms with Gasteiger partial charge < -0.3 is 9.64 Å². The molecule has 0 radical (unpaired) electrons. The van der Waals surface area contributed by atoms with Crippen LogP contribution in [-0.2, 0) is 10.9 Å². The molecule has 1 saturated heterocycles. The third kappa shape index (κ3) is 3.68. The molecular formula is C22H26F3N3O2. The fourth-order valence-electron chi connectivity index (χ4n) is 4.59. The Labute approximate surface area is 173 Å². The summed E-state index contributed by atoms with van der Waals surface area (Å²) in [6.07, 6.45) is -1.54. The first-order valence-electron chi connectivity index (χ1n) is 10.1. The van der Waals surface area contributed by atoms with Crippen molar-refractivity contribution in [2.45, 2.75) is 58.4 Å². The lowest BCUT2D eigenvalue weighted by Crippen LogP contribution is -2.64. The summed E-state index contributed by atoms with van der Waals surface area (Å²) in [6.45, 7) is 8.52. The maximum Gasteiger partial charge on any atom is 0.417 e. The van der Waals surface area contributed by atoms with Gasteiger partial charge in [-0.1, -0.05) is 18.2 Å². The van der Waals surface area contributed by atoms with Crippen LogP contribution in [0.1, 0.15) is 50.8 Å². The first kappa shape index (κ1) is 20.8. The van der Waals surface area contributed by atoms with Gasteiger partial charge in [-0.2, -0.15) is 18.3 Å². The molecule has 2 heterocycles. The third-order valence-electron chi connectivity index (χ3n) is 5.85. The van der Waals surface area contributed by atoms with Crippen molar-refractivity contribution in [3.8, 4) is 11.3 Å².